The van der Waals surface area contributed by atoms with Gasteiger partial charge in [-0.25, -0.2) is 0 Å². The molecule has 0 heterocycles. The maximum absolute atomic E-state index is 5.70. The van der Waals surface area contributed by atoms with Crippen LogP contribution in [0.15, 0.2) is 78.9 Å². The quantitative estimate of drug-likeness (QED) is 0.453. The van der Waals surface area contributed by atoms with Crippen molar-refractivity contribution in [1.29, 1.82) is 0 Å². The predicted octanol–water partition coefficient (Wildman–Crippen LogP) is 6.06. The van der Waals surface area contributed by atoms with Crippen molar-refractivity contribution in [3.05, 3.63) is 107 Å². The lowest BCUT2D eigenvalue weighted by molar-refractivity contribution is 0.417. The van der Waals surface area contributed by atoms with Gasteiger partial charge in [0.1, 0.15) is 0 Å². The summed E-state index contributed by atoms with van der Waals surface area (Å²) in [6.07, 6.45) is 8.08. The molecule has 0 bridgehead atoms. The molecule has 29 heavy (non-hydrogen) atoms. The smallest absolute Gasteiger partial charge is 0.00396 e. The van der Waals surface area contributed by atoms with Gasteiger partial charge in [-0.2, -0.15) is 0 Å². The van der Waals surface area contributed by atoms with E-state index in [1.807, 2.05) is 0 Å². The molecule has 1 aliphatic rings. The molecule has 0 atom stereocenters. The van der Waals surface area contributed by atoms with Crippen molar-refractivity contribution in [3.63, 3.8) is 0 Å². The monoisotopic (exact) mass is 405 g/mol. The van der Waals surface area contributed by atoms with Crippen LogP contribution in [-0.2, 0) is 31.1 Å². The molecule has 1 aliphatic carbocycles. The van der Waals surface area contributed by atoms with E-state index < -0.39 is 0 Å². The Morgan fingerprint density at radius 1 is 0.724 bits per heavy atom. The minimum absolute atomic E-state index is 0. The largest absolute Gasteiger partial charge is 0.330 e. The second-order valence-corrected chi connectivity index (χ2v) is 8.34. The van der Waals surface area contributed by atoms with Gasteiger partial charge in [-0.15, -0.1) is 12.4 Å². The van der Waals surface area contributed by atoms with Gasteiger partial charge >= 0.3 is 0 Å². The first-order chi connectivity index (χ1) is 13.8. The van der Waals surface area contributed by atoms with E-state index in [-0.39, 0.29) is 17.8 Å². The molecule has 3 aromatic rings. The van der Waals surface area contributed by atoms with Crippen LogP contribution in [-0.4, -0.2) is 6.54 Å². The Morgan fingerprint density at radius 2 is 1.34 bits per heavy atom. The van der Waals surface area contributed by atoms with Gasteiger partial charge in [0, 0.05) is 5.41 Å². The SMILES string of the molecule is Cl.NCCCCc1ccc2c(c1)C(Cc1ccccc1)(Cc1ccccc1)CC2. The fourth-order valence-electron chi connectivity index (χ4n) is 4.88. The van der Waals surface area contributed by atoms with Gasteiger partial charge in [0.15, 0.2) is 0 Å². The number of hydrogen-bond donors (Lipinski definition) is 1. The van der Waals surface area contributed by atoms with Crippen LogP contribution in [0.4, 0.5) is 0 Å². The molecular weight excluding hydrogens is 374 g/mol. The summed E-state index contributed by atoms with van der Waals surface area (Å²) in [6.45, 7) is 0.789. The van der Waals surface area contributed by atoms with Gasteiger partial charge in [0.25, 0.3) is 0 Å². The number of hydrogen-bond acceptors (Lipinski definition) is 1. The van der Waals surface area contributed by atoms with Gasteiger partial charge in [-0.3, -0.25) is 0 Å². The number of aryl methyl sites for hydroxylation is 2. The van der Waals surface area contributed by atoms with Gasteiger partial charge in [0.05, 0.1) is 0 Å². The van der Waals surface area contributed by atoms with Gasteiger partial charge < -0.3 is 5.73 Å². The summed E-state index contributed by atoms with van der Waals surface area (Å²) in [5.41, 5.74) is 13.4. The Balaban J connectivity index is 0.00000240. The highest BCUT2D eigenvalue weighted by Crippen LogP contribution is 2.44. The zero-order valence-electron chi connectivity index (χ0n) is 17.1. The lowest BCUT2D eigenvalue weighted by Crippen LogP contribution is -2.29. The Kier molecular flexibility index (Phi) is 7.52. The molecule has 0 spiro atoms. The molecule has 0 aromatic heterocycles. The summed E-state index contributed by atoms with van der Waals surface area (Å²) < 4.78 is 0. The first-order valence-corrected chi connectivity index (χ1v) is 10.7. The average molecular weight is 406 g/mol. The second-order valence-electron chi connectivity index (χ2n) is 8.34. The minimum Gasteiger partial charge on any atom is -0.330 e. The predicted molar refractivity (Wildman–Crippen MR) is 126 cm³/mol. The van der Waals surface area contributed by atoms with Crippen molar-refractivity contribution in [1.82, 2.24) is 0 Å². The highest BCUT2D eigenvalue weighted by Gasteiger charge is 2.38. The summed E-state index contributed by atoms with van der Waals surface area (Å²) >= 11 is 0. The van der Waals surface area contributed by atoms with E-state index in [1.54, 1.807) is 11.1 Å². The molecule has 0 fully saturated rings. The molecule has 0 amide bonds. The van der Waals surface area contributed by atoms with Gasteiger partial charge in [0.2, 0.25) is 0 Å². The summed E-state index contributed by atoms with van der Waals surface area (Å²) in [4.78, 5) is 0. The molecule has 4 rings (SSSR count). The van der Waals surface area contributed by atoms with Crippen molar-refractivity contribution in [3.8, 4) is 0 Å². The van der Waals surface area contributed by atoms with Gasteiger partial charge in [-0.1, -0.05) is 78.9 Å². The number of unbranched alkanes of at least 4 members (excludes halogenated alkanes) is 1. The number of nitrogens with two attached hydrogens (primary N) is 1. The molecule has 3 aromatic carbocycles. The average Bonchev–Trinajstić information content (AvgIpc) is 3.07. The number of halogens is 1. The molecule has 0 unspecified atom stereocenters. The first-order valence-electron chi connectivity index (χ1n) is 10.7. The standard InChI is InChI=1S/C27H31N.ClH/c28-18-8-7-9-22-14-15-25-16-17-27(26(25)19-22,20-23-10-3-1-4-11-23)21-24-12-5-2-6-13-24;/h1-6,10-15,19H,7-9,16-18,20-21,28H2;1H. The van der Waals surface area contributed by atoms with Crippen molar-refractivity contribution in [2.75, 3.05) is 6.54 Å². The normalized spacial score (nSPS) is 14.2. The van der Waals surface area contributed by atoms with Crippen LogP contribution in [0.25, 0.3) is 0 Å². The summed E-state index contributed by atoms with van der Waals surface area (Å²) in [5, 5.41) is 0. The third-order valence-corrected chi connectivity index (χ3v) is 6.31. The van der Waals surface area contributed by atoms with Crippen LogP contribution in [0.1, 0.15) is 47.1 Å². The molecule has 2 N–H and O–H groups in total. The minimum atomic E-state index is 0. The van der Waals surface area contributed by atoms with E-state index in [2.05, 4.69) is 78.9 Å². The Labute approximate surface area is 181 Å². The highest BCUT2D eigenvalue weighted by molar-refractivity contribution is 5.85. The third-order valence-electron chi connectivity index (χ3n) is 6.31. The Morgan fingerprint density at radius 3 is 1.93 bits per heavy atom. The molecule has 0 saturated heterocycles. The Bertz CT molecular complexity index is 847. The molecule has 1 nitrogen and oxygen atoms in total. The maximum Gasteiger partial charge on any atom is 0.00396 e. The Hall–Kier alpha value is -2.09. The van der Waals surface area contributed by atoms with Crippen LogP contribution in [0, 0.1) is 0 Å². The van der Waals surface area contributed by atoms with Crippen LogP contribution >= 0.6 is 12.4 Å². The molecule has 0 aliphatic heterocycles. The van der Waals surface area contributed by atoms with E-state index in [9.17, 15) is 0 Å². The van der Waals surface area contributed by atoms with Crippen LogP contribution in [0.5, 0.6) is 0 Å². The number of fused-ring (bicyclic) bond motifs is 1. The molecule has 0 radical (unpaired) electrons. The fourth-order valence-corrected chi connectivity index (χ4v) is 4.88. The summed E-state index contributed by atoms with van der Waals surface area (Å²) in [6, 6.07) is 29.3. The molecule has 0 saturated carbocycles. The van der Waals surface area contributed by atoms with E-state index in [0.29, 0.717) is 0 Å². The van der Waals surface area contributed by atoms with Crippen LogP contribution < -0.4 is 5.73 Å². The van der Waals surface area contributed by atoms with E-state index >= 15 is 0 Å². The lowest BCUT2D eigenvalue weighted by atomic mass is 9.72. The maximum atomic E-state index is 5.70. The van der Waals surface area contributed by atoms with Crippen molar-refractivity contribution < 1.29 is 0 Å². The van der Waals surface area contributed by atoms with Gasteiger partial charge in [-0.05, 0) is 79.3 Å². The molecule has 152 valence electrons. The fraction of sp³-hybridized carbons (Fsp3) is 0.333. The molecule has 2 heteroatoms. The topological polar surface area (TPSA) is 26.0 Å². The van der Waals surface area contributed by atoms with Crippen LogP contribution in [0.2, 0.25) is 0 Å². The van der Waals surface area contributed by atoms with E-state index in [0.717, 1.165) is 32.2 Å². The van der Waals surface area contributed by atoms with E-state index in [1.165, 1.54) is 36.0 Å². The third kappa shape index (κ3) is 5.10. The zero-order chi connectivity index (χ0) is 19.2. The van der Waals surface area contributed by atoms with Crippen LogP contribution in [0.3, 0.4) is 0 Å². The highest BCUT2D eigenvalue weighted by atomic mass is 35.5. The second kappa shape index (κ2) is 10.1. The summed E-state index contributed by atoms with van der Waals surface area (Å²) in [7, 11) is 0. The zero-order valence-corrected chi connectivity index (χ0v) is 18.0. The van der Waals surface area contributed by atoms with Crippen molar-refractivity contribution >= 4 is 12.4 Å². The number of benzene rings is 3. The first kappa shape index (κ1) is 21.6. The molecular formula is C27H32ClN. The van der Waals surface area contributed by atoms with E-state index in [4.69, 9.17) is 5.73 Å². The lowest BCUT2D eigenvalue weighted by Gasteiger charge is -2.32. The van der Waals surface area contributed by atoms with Crippen molar-refractivity contribution in [2.45, 2.75) is 50.4 Å². The van der Waals surface area contributed by atoms with Crippen molar-refractivity contribution in [2.24, 2.45) is 5.73 Å². The summed E-state index contributed by atoms with van der Waals surface area (Å²) in [5.74, 6) is 0. The number of rotatable bonds is 8.